The summed E-state index contributed by atoms with van der Waals surface area (Å²) in [5, 5.41) is 14.6. The monoisotopic (exact) mass is 364 g/mol. The molecule has 1 heterocycles. The number of carboxylic acid groups (broad SMARTS) is 1. The summed E-state index contributed by atoms with van der Waals surface area (Å²) in [7, 11) is 0. The molecule has 0 spiro atoms. The molecule has 0 bridgehead atoms. The smallest absolute Gasteiger partial charge is 0.318 e. The Morgan fingerprint density at radius 2 is 1.74 bits per heavy atom. The normalized spacial score (nSPS) is 22.5. The number of fused-ring (bicyclic) bond motifs is 1. The third-order valence-corrected chi connectivity index (χ3v) is 5.75. The molecule has 2 aromatic carbocycles. The third kappa shape index (κ3) is 3.68. The lowest BCUT2D eigenvalue weighted by molar-refractivity contribution is -0.142. The van der Waals surface area contributed by atoms with Crippen LogP contribution in [0.2, 0.25) is 0 Å². The van der Waals surface area contributed by atoms with E-state index in [1.165, 1.54) is 21.9 Å². The van der Waals surface area contributed by atoms with E-state index < -0.39 is 5.97 Å². The number of amides is 2. The third-order valence-electron chi connectivity index (χ3n) is 5.75. The summed E-state index contributed by atoms with van der Waals surface area (Å²) in [5.74, 6) is -0.979. The Bertz CT molecular complexity index is 892. The molecule has 140 valence electrons. The van der Waals surface area contributed by atoms with Crippen LogP contribution in [0.15, 0.2) is 48.5 Å². The molecule has 0 radical (unpaired) electrons. The maximum atomic E-state index is 12.6. The number of nitrogens with one attached hydrogen (secondary N) is 1. The lowest BCUT2D eigenvalue weighted by Gasteiger charge is -2.28. The van der Waals surface area contributed by atoms with Crippen LogP contribution in [0.4, 0.5) is 4.79 Å². The van der Waals surface area contributed by atoms with Gasteiger partial charge in [0.15, 0.2) is 0 Å². The second-order valence-electron chi connectivity index (χ2n) is 7.47. The summed E-state index contributed by atoms with van der Waals surface area (Å²) in [5.41, 5.74) is 2.36. The maximum Gasteiger partial charge on any atom is 0.318 e. The highest BCUT2D eigenvalue weighted by Crippen LogP contribution is 2.29. The molecule has 0 aromatic heterocycles. The average Bonchev–Trinajstić information content (AvgIpc) is 3.18. The zero-order chi connectivity index (χ0) is 18.8. The van der Waals surface area contributed by atoms with Crippen LogP contribution in [-0.4, -0.2) is 41.1 Å². The number of benzene rings is 2. The van der Waals surface area contributed by atoms with Gasteiger partial charge in [-0.2, -0.15) is 0 Å². The van der Waals surface area contributed by atoms with E-state index in [9.17, 15) is 9.59 Å². The first-order chi connectivity index (χ1) is 13.1. The molecule has 2 N–H and O–H groups in total. The Morgan fingerprint density at radius 3 is 2.52 bits per heavy atom. The van der Waals surface area contributed by atoms with Crippen molar-refractivity contribution in [1.82, 2.24) is 10.2 Å². The number of hydrogen-bond donors (Lipinski definition) is 2. The van der Waals surface area contributed by atoms with Crippen molar-refractivity contribution in [3.8, 4) is 0 Å². The van der Waals surface area contributed by atoms with Crippen molar-refractivity contribution in [2.45, 2.75) is 31.7 Å². The van der Waals surface area contributed by atoms with Crippen LogP contribution in [-0.2, 0) is 4.79 Å². The minimum Gasteiger partial charge on any atom is -0.481 e. The number of hydrogen-bond acceptors (Lipinski definition) is 2. The molecular formula is C22H24N2O3. The maximum absolute atomic E-state index is 12.6. The van der Waals surface area contributed by atoms with Gasteiger partial charge in [-0.25, -0.2) is 4.79 Å². The molecular weight excluding hydrogens is 340 g/mol. The molecule has 0 unspecified atom stereocenters. The largest absolute Gasteiger partial charge is 0.481 e. The van der Waals surface area contributed by atoms with Gasteiger partial charge >= 0.3 is 12.0 Å². The van der Waals surface area contributed by atoms with Gasteiger partial charge in [-0.15, -0.1) is 0 Å². The number of carboxylic acids is 1. The van der Waals surface area contributed by atoms with Crippen molar-refractivity contribution in [2.75, 3.05) is 13.1 Å². The molecule has 2 aliphatic rings. The van der Waals surface area contributed by atoms with E-state index in [0.717, 1.165) is 12.8 Å². The summed E-state index contributed by atoms with van der Waals surface area (Å²) in [6.07, 6.45) is 4.88. The predicted octanol–water partition coefficient (Wildman–Crippen LogP) is 3.89. The van der Waals surface area contributed by atoms with E-state index in [4.69, 9.17) is 5.11 Å². The number of rotatable bonds is 3. The fourth-order valence-corrected chi connectivity index (χ4v) is 4.16. The molecule has 5 heteroatoms. The molecule has 4 rings (SSSR count). The van der Waals surface area contributed by atoms with Crippen LogP contribution >= 0.6 is 0 Å². The first-order valence-electron chi connectivity index (χ1n) is 9.57. The summed E-state index contributed by atoms with van der Waals surface area (Å²) < 4.78 is 0. The molecule has 0 saturated heterocycles. The summed E-state index contributed by atoms with van der Waals surface area (Å²) in [6.45, 7) is 1.21. The minimum atomic E-state index is -0.719. The Hall–Kier alpha value is -2.82. The first-order valence-corrected chi connectivity index (χ1v) is 9.57. The molecule has 27 heavy (non-hydrogen) atoms. The van der Waals surface area contributed by atoms with Crippen LogP contribution in [0.1, 0.15) is 31.2 Å². The molecule has 0 atom stereocenters. The Morgan fingerprint density at radius 1 is 1.00 bits per heavy atom. The zero-order valence-electron chi connectivity index (χ0n) is 15.2. The van der Waals surface area contributed by atoms with Gasteiger partial charge in [0.1, 0.15) is 0 Å². The van der Waals surface area contributed by atoms with Crippen LogP contribution < -0.4 is 5.32 Å². The SMILES string of the molecule is O=C(O)C1CCC(NC(=O)N2CC=C(c3cccc4ccccc34)C2)CC1. The van der Waals surface area contributed by atoms with Crippen molar-refractivity contribution < 1.29 is 14.7 Å². The molecule has 2 amide bonds. The van der Waals surface area contributed by atoms with E-state index in [2.05, 4.69) is 41.7 Å². The molecule has 1 fully saturated rings. The van der Waals surface area contributed by atoms with E-state index in [1.54, 1.807) is 0 Å². The highest BCUT2D eigenvalue weighted by Gasteiger charge is 2.28. The van der Waals surface area contributed by atoms with Gasteiger partial charge in [0.25, 0.3) is 0 Å². The highest BCUT2D eigenvalue weighted by molar-refractivity contribution is 5.95. The number of carbonyl (C=O) groups excluding carboxylic acids is 1. The summed E-state index contributed by atoms with van der Waals surface area (Å²) >= 11 is 0. The Balaban J connectivity index is 1.38. The number of nitrogens with zero attached hydrogens (tertiary/aromatic N) is 1. The number of carbonyl (C=O) groups is 2. The van der Waals surface area contributed by atoms with Crippen LogP contribution in [0.25, 0.3) is 16.3 Å². The van der Waals surface area contributed by atoms with Crippen LogP contribution in [0.5, 0.6) is 0 Å². The standard InChI is InChI=1S/C22H24N2O3/c25-21(26)16-8-10-18(11-9-16)23-22(27)24-13-12-17(14-24)20-7-3-5-15-4-1-2-6-19(15)20/h1-7,12,16,18H,8-11,13-14H2,(H,23,27)(H,25,26). The average molecular weight is 364 g/mol. The number of aliphatic carboxylic acids is 1. The minimum absolute atomic E-state index is 0.0553. The van der Waals surface area contributed by atoms with E-state index in [1.807, 2.05) is 17.0 Å². The van der Waals surface area contributed by atoms with Gasteiger partial charge in [0, 0.05) is 19.1 Å². The molecule has 1 aliphatic carbocycles. The van der Waals surface area contributed by atoms with Crippen LogP contribution in [0, 0.1) is 5.92 Å². The molecule has 5 nitrogen and oxygen atoms in total. The Labute approximate surface area is 158 Å². The molecule has 1 aliphatic heterocycles. The molecule has 1 saturated carbocycles. The van der Waals surface area contributed by atoms with Gasteiger partial charge in [-0.05, 0) is 47.6 Å². The van der Waals surface area contributed by atoms with E-state index in [0.29, 0.717) is 25.9 Å². The van der Waals surface area contributed by atoms with Crippen molar-refractivity contribution >= 4 is 28.3 Å². The topological polar surface area (TPSA) is 69.6 Å². The summed E-state index contributed by atoms with van der Waals surface area (Å²) in [4.78, 5) is 25.5. The van der Waals surface area contributed by atoms with Gasteiger partial charge in [-0.3, -0.25) is 4.79 Å². The fourth-order valence-electron chi connectivity index (χ4n) is 4.16. The zero-order valence-corrected chi connectivity index (χ0v) is 15.2. The predicted molar refractivity (Wildman–Crippen MR) is 105 cm³/mol. The number of urea groups is 1. The first kappa shape index (κ1) is 17.6. The summed E-state index contributed by atoms with van der Waals surface area (Å²) in [6, 6.07) is 14.6. The fraction of sp³-hybridized carbons (Fsp3) is 0.364. The molecule has 2 aromatic rings. The van der Waals surface area contributed by atoms with Crippen LogP contribution in [0.3, 0.4) is 0 Å². The second-order valence-corrected chi connectivity index (χ2v) is 7.47. The lowest BCUT2D eigenvalue weighted by atomic mass is 9.86. The van der Waals surface area contributed by atoms with Crippen molar-refractivity contribution in [3.05, 3.63) is 54.1 Å². The Kier molecular flexibility index (Phi) is 4.84. The van der Waals surface area contributed by atoms with Crippen molar-refractivity contribution in [2.24, 2.45) is 5.92 Å². The van der Waals surface area contributed by atoms with E-state index in [-0.39, 0.29) is 18.0 Å². The second kappa shape index (κ2) is 7.43. The van der Waals surface area contributed by atoms with Gasteiger partial charge in [-0.1, -0.05) is 48.5 Å². The lowest BCUT2D eigenvalue weighted by Crippen LogP contribution is -2.45. The van der Waals surface area contributed by atoms with Crippen molar-refractivity contribution in [3.63, 3.8) is 0 Å². The van der Waals surface area contributed by atoms with Gasteiger partial charge in [0.2, 0.25) is 0 Å². The van der Waals surface area contributed by atoms with Gasteiger partial charge < -0.3 is 15.3 Å². The highest BCUT2D eigenvalue weighted by atomic mass is 16.4. The quantitative estimate of drug-likeness (QED) is 0.868. The van der Waals surface area contributed by atoms with Gasteiger partial charge in [0.05, 0.1) is 5.92 Å². The van der Waals surface area contributed by atoms with E-state index >= 15 is 0 Å². The van der Waals surface area contributed by atoms with Crippen molar-refractivity contribution in [1.29, 1.82) is 0 Å².